The normalized spacial score (nSPS) is 14.0. The fourth-order valence-corrected chi connectivity index (χ4v) is 5.64. The number of hydrogen-bond donors (Lipinski definition) is 2. The fourth-order valence-electron chi connectivity index (χ4n) is 4.62. The number of hydrogen-bond acceptors (Lipinski definition) is 6. The second-order valence-electron chi connectivity index (χ2n) is 9.85. The summed E-state index contributed by atoms with van der Waals surface area (Å²) in [5, 5.41) is 5.63. The van der Waals surface area contributed by atoms with Crippen LogP contribution in [0.4, 0.5) is 24.7 Å². The minimum atomic E-state index is -4.75. The van der Waals surface area contributed by atoms with Gasteiger partial charge in [0.2, 0.25) is 0 Å². The van der Waals surface area contributed by atoms with Gasteiger partial charge in [0.25, 0.3) is 11.8 Å². The molecule has 0 atom stereocenters. The van der Waals surface area contributed by atoms with E-state index in [4.69, 9.17) is 0 Å². The van der Waals surface area contributed by atoms with Crippen molar-refractivity contribution in [3.8, 4) is 11.1 Å². The molecule has 0 unspecified atom stereocenters. The van der Waals surface area contributed by atoms with E-state index in [9.17, 15) is 22.8 Å². The van der Waals surface area contributed by atoms with Gasteiger partial charge >= 0.3 is 6.18 Å². The predicted octanol–water partition coefficient (Wildman–Crippen LogP) is 7.02. The molecule has 2 amide bonds. The zero-order valence-corrected chi connectivity index (χ0v) is 23.1. The van der Waals surface area contributed by atoms with Gasteiger partial charge < -0.3 is 10.6 Å². The molecule has 3 heterocycles. The lowest BCUT2D eigenvalue weighted by Crippen LogP contribution is -2.29. The third-order valence-electron chi connectivity index (χ3n) is 6.83. The van der Waals surface area contributed by atoms with Crippen molar-refractivity contribution in [2.75, 3.05) is 23.7 Å². The van der Waals surface area contributed by atoms with Gasteiger partial charge in [-0.25, -0.2) is 9.97 Å². The minimum Gasteiger partial charge on any atom is -0.322 e. The number of nitrogens with one attached hydrogen (secondary N) is 2. The Balaban J connectivity index is 1.25. The number of aryl methyl sites for hydroxylation is 1. The number of alkyl halides is 3. The number of piperidine rings is 1. The molecule has 7 nitrogen and oxygen atoms in total. The number of anilines is 2. The van der Waals surface area contributed by atoms with Crippen LogP contribution in [0.25, 0.3) is 11.1 Å². The van der Waals surface area contributed by atoms with Crippen LogP contribution in [0.3, 0.4) is 0 Å². The Morgan fingerprint density at radius 1 is 0.902 bits per heavy atom. The molecular weight excluding hydrogens is 551 g/mol. The molecule has 0 radical (unpaired) electrons. The molecule has 2 N–H and O–H groups in total. The van der Waals surface area contributed by atoms with Gasteiger partial charge in [0, 0.05) is 23.0 Å². The lowest BCUT2D eigenvalue weighted by atomic mass is 10.1. The molecule has 1 aliphatic rings. The highest BCUT2D eigenvalue weighted by molar-refractivity contribution is 7.14. The minimum absolute atomic E-state index is 0.118. The third kappa shape index (κ3) is 6.98. The van der Waals surface area contributed by atoms with Crippen LogP contribution in [0.15, 0.2) is 66.9 Å². The van der Waals surface area contributed by atoms with Crippen LogP contribution in [0, 0.1) is 6.92 Å². The Labute approximate surface area is 239 Å². The number of rotatable bonds is 7. The van der Waals surface area contributed by atoms with Crippen molar-refractivity contribution in [3.05, 3.63) is 93.6 Å². The van der Waals surface area contributed by atoms with Crippen LogP contribution in [-0.2, 0) is 12.7 Å². The van der Waals surface area contributed by atoms with Crippen molar-refractivity contribution in [2.45, 2.75) is 38.9 Å². The van der Waals surface area contributed by atoms with Crippen LogP contribution in [-0.4, -0.2) is 39.8 Å². The van der Waals surface area contributed by atoms with Crippen LogP contribution >= 0.6 is 11.3 Å². The van der Waals surface area contributed by atoms with E-state index in [1.807, 2.05) is 31.2 Å². The van der Waals surface area contributed by atoms with Gasteiger partial charge in [-0.15, -0.1) is 11.3 Å². The molecule has 0 aliphatic carbocycles. The van der Waals surface area contributed by atoms with Crippen molar-refractivity contribution < 1.29 is 22.8 Å². The Hall–Kier alpha value is -4.09. The highest BCUT2D eigenvalue weighted by atomic mass is 32.1. The molecule has 0 saturated carbocycles. The molecule has 11 heteroatoms. The Kier molecular flexibility index (Phi) is 8.46. The van der Waals surface area contributed by atoms with Gasteiger partial charge in [-0.05, 0) is 74.3 Å². The standard InChI is InChI=1S/C30H28F3N5O2S/c1-19-7-3-4-8-23(19)35-28(39)21-11-9-20(10-12-21)22-13-14-24(34-17-22)36-29(40)26-27(30(31,32)33)37-25(41-26)18-38-15-5-2-6-16-38/h3-4,7-14,17H,2,5-6,15-16,18H2,1H3,(H,35,39)(H,34,36,40). The molecule has 4 aromatic rings. The van der Waals surface area contributed by atoms with E-state index < -0.39 is 22.7 Å². The number of likely N-dealkylation sites (tertiary alicyclic amines) is 1. The molecule has 2 aromatic carbocycles. The highest BCUT2D eigenvalue weighted by Crippen LogP contribution is 2.35. The van der Waals surface area contributed by atoms with Gasteiger partial charge in [0.05, 0.1) is 6.54 Å². The summed E-state index contributed by atoms with van der Waals surface area (Å²) >= 11 is 0.767. The molecule has 5 rings (SSSR count). The summed E-state index contributed by atoms with van der Waals surface area (Å²) in [7, 11) is 0. The van der Waals surface area contributed by atoms with Crippen molar-refractivity contribution in [3.63, 3.8) is 0 Å². The van der Waals surface area contributed by atoms with E-state index in [0.717, 1.165) is 60.5 Å². The number of aromatic nitrogens is 2. The molecule has 1 saturated heterocycles. The van der Waals surface area contributed by atoms with Gasteiger partial charge in [0.15, 0.2) is 5.69 Å². The predicted molar refractivity (Wildman–Crippen MR) is 153 cm³/mol. The molecule has 41 heavy (non-hydrogen) atoms. The summed E-state index contributed by atoms with van der Waals surface area (Å²) in [5.74, 6) is -1.02. The Morgan fingerprint density at radius 3 is 2.27 bits per heavy atom. The summed E-state index contributed by atoms with van der Waals surface area (Å²) in [6.07, 6.45) is -0.126. The smallest absolute Gasteiger partial charge is 0.322 e. The fraction of sp³-hybridized carbons (Fsp3) is 0.267. The maximum Gasteiger partial charge on any atom is 0.435 e. The summed E-state index contributed by atoms with van der Waals surface area (Å²) in [6, 6.07) is 17.7. The average molecular weight is 580 g/mol. The SMILES string of the molecule is Cc1ccccc1NC(=O)c1ccc(-c2ccc(NC(=O)c3sc(CN4CCCCC4)nc3C(F)(F)F)nc2)cc1. The van der Waals surface area contributed by atoms with Gasteiger partial charge in [-0.2, -0.15) is 13.2 Å². The summed E-state index contributed by atoms with van der Waals surface area (Å²) in [4.78, 5) is 35.1. The number of halogens is 3. The van der Waals surface area contributed by atoms with E-state index in [1.54, 1.807) is 30.3 Å². The highest BCUT2D eigenvalue weighted by Gasteiger charge is 2.40. The summed E-state index contributed by atoms with van der Waals surface area (Å²) < 4.78 is 41.1. The van der Waals surface area contributed by atoms with Crippen LogP contribution < -0.4 is 10.6 Å². The lowest BCUT2D eigenvalue weighted by molar-refractivity contribution is -0.141. The number of carbonyl (C=O) groups is 2. The van der Waals surface area contributed by atoms with Crippen molar-refractivity contribution in [2.24, 2.45) is 0 Å². The largest absolute Gasteiger partial charge is 0.435 e. The zero-order valence-electron chi connectivity index (χ0n) is 22.3. The quantitative estimate of drug-likeness (QED) is 0.246. The zero-order chi connectivity index (χ0) is 29.0. The lowest BCUT2D eigenvalue weighted by Gasteiger charge is -2.25. The first-order chi connectivity index (χ1) is 19.7. The van der Waals surface area contributed by atoms with E-state index in [-0.39, 0.29) is 16.7 Å². The maximum atomic E-state index is 13.7. The van der Waals surface area contributed by atoms with Gasteiger partial charge in [0.1, 0.15) is 15.7 Å². The molecule has 1 fully saturated rings. The van der Waals surface area contributed by atoms with Gasteiger partial charge in [-0.1, -0.05) is 36.8 Å². The van der Waals surface area contributed by atoms with Crippen LogP contribution in [0.1, 0.15) is 55.6 Å². The second-order valence-corrected chi connectivity index (χ2v) is 10.9. The van der Waals surface area contributed by atoms with Crippen molar-refractivity contribution in [1.82, 2.24) is 14.9 Å². The molecule has 2 aromatic heterocycles. The van der Waals surface area contributed by atoms with Crippen LogP contribution in [0.2, 0.25) is 0 Å². The van der Waals surface area contributed by atoms with Crippen LogP contribution in [0.5, 0.6) is 0 Å². The monoisotopic (exact) mass is 579 g/mol. The molecule has 0 bridgehead atoms. The Morgan fingerprint density at radius 2 is 1.61 bits per heavy atom. The van der Waals surface area contributed by atoms with E-state index in [1.165, 1.54) is 12.3 Å². The van der Waals surface area contributed by atoms with Gasteiger partial charge in [-0.3, -0.25) is 14.5 Å². The first-order valence-corrected chi connectivity index (χ1v) is 14.0. The van der Waals surface area contributed by atoms with E-state index >= 15 is 0 Å². The number of pyridine rings is 1. The first-order valence-electron chi connectivity index (χ1n) is 13.2. The van der Waals surface area contributed by atoms with Crippen molar-refractivity contribution >= 4 is 34.7 Å². The molecule has 212 valence electrons. The molecule has 1 aliphatic heterocycles. The van der Waals surface area contributed by atoms with Crippen molar-refractivity contribution in [1.29, 1.82) is 0 Å². The number of thiazole rings is 1. The number of nitrogens with zero attached hydrogens (tertiary/aromatic N) is 3. The third-order valence-corrected chi connectivity index (χ3v) is 7.87. The summed E-state index contributed by atoms with van der Waals surface area (Å²) in [5.41, 5.74) is 2.51. The summed E-state index contributed by atoms with van der Waals surface area (Å²) in [6.45, 7) is 3.82. The average Bonchev–Trinajstić information content (AvgIpc) is 3.40. The second kappa shape index (κ2) is 12.2. The first kappa shape index (κ1) is 28.4. The number of amides is 2. The topological polar surface area (TPSA) is 87.2 Å². The maximum absolute atomic E-state index is 13.7. The number of para-hydroxylation sites is 1. The molecule has 0 spiro atoms. The number of carbonyl (C=O) groups excluding carboxylic acids is 2. The van der Waals surface area contributed by atoms with E-state index in [2.05, 4.69) is 25.5 Å². The Bertz CT molecular complexity index is 1530. The van der Waals surface area contributed by atoms with E-state index in [0.29, 0.717) is 17.7 Å². The molecular formula is C30H28F3N5O2S. The number of benzene rings is 2.